The molecule has 1 rings (SSSR count). The largest absolute Gasteiger partial charge is 0.418 e. The van der Waals surface area contributed by atoms with Gasteiger partial charge in [-0.05, 0) is 19.3 Å². The van der Waals surface area contributed by atoms with Gasteiger partial charge in [-0.25, -0.2) is 9.59 Å². The number of unbranched alkanes of at least 4 members (excludes halogenated alkanes) is 30. The lowest BCUT2D eigenvalue weighted by Crippen LogP contribution is -2.36. The second-order valence-electron chi connectivity index (χ2n) is 16.9. The Morgan fingerprint density at radius 1 is 0.456 bits per heavy atom. The van der Waals surface area contributed by atoms with Gasteiger partial charge in [0.2, 0.25) is 0 Å². The highest BCUT2D eigenvalue weighted by Crippen LogP contribution is 2.21. The van der Waals surface area contributed by atoms with Crippen LogP contribution in [-0.2, 0) is 23.7 Å². The van der Waals surface area contributed by atoms with Gasteiger partial charge in [-0.1, -0.05) is 206 Å². The van der Waals surface area contributed by atoms with E-state index < -0.39 is 12.2 Å². The summed E-state index contributed by atoms with van der Waals surface area (Å²) < 4.78 is 28.1. The molecule has 1 heterocycles. The predicted octanol–water partition coefficient (Wildman–Crippen LogP) is 13.5. The lowest BCUT2D eigenvalue weighted by Gasteiger charge is -2.19. The van der Waals surface area contributed by atoms with E-state index in [9.17, 15) is 9.59 Å². The molecule has 9 heteroatoms. The highest BCUT2D eigenvalue weighted by Gasteiger charge is 2.38. The molecule has 57 heavy (non-hydrogen) atoms. The average molecular weight is 811 g/mol. The highest BCUT2D eigenvalue weighted by molar-refractivity contribution is 5.83. The van der Waals surface area contributed by atoms with Gasteiger partial charge in [0.25, 0.3) is 0 Å². The molecule has 2 amide bonds. The van der Waals surface area contributed by atoms with Gasteiger partial charge in [0.1, 0.15) is 12.2 Å². The third-order valence-corrected chi connectivity index (χ3v) is 11.5. The van der Waals surface area contributed by atoms with Crippen molar-refractivity contribution >= 4 is 12.2 Å². The first kappa shape index (κ1) is 53.6. The van der Waals surface area contributed by atoms with E-state index in [4.69, 9.17) is 23.7 Å². The molecule has 1 aliphatic heterocycles. The highest BCUT2D eigenvalue weighted by atomic mass is 16.6. The van der Waals surface area contributed by atoms with Crippen molar-refractivity contribution in [2.24, 2.45) is 0 Å². The summed E-state index contributed by atoms with van der Waals surface area (Å²) in [6.45, 7) is 8.57. The number of nitrogens with one attached hydrogen (secondary N) is 1. The van der Waals surface area contributed by atoms with Crippen LogP contribution in [0.2, 0.25) is 0 Å². The maximum atomic E-state index is 12.9. The van der Waals surface area contributed by atoms with E-state index in [-0.39, 0.29) is 12.2 Å². The van der Waals surface area contributed by atoms with Crippen LogP contribution in [-0.4, -0.2) is 89.1 Å². The van der Waals surface area contributed by atoms with Crippen molar-refractivity contribution in [1.82, 2.24) is 10.2 Å². The lowest BCUT2D eigenvalue weighted by atomic mass is 10.0. The Kier molecular flexibility index (Phi) is 40.1. The maximum absolute atomic E-state index is 12.9. The molecule has 1 aliphatic rings. The van der Waals surface area contributed by atoms with Crippen LogP contribution in [0.3, 0.4) is 0 Å². The zero-order valence-corrected chi connectivity index (χ0v) is 38.0. The standard InChI is InChI=1S/C48H94N2O7/c1-4-6-8-10-12-14-16-18-20-22-24-26-28-30-32-34-39-55-45-43-50(48(52)57-47(51)49-37-36-38-54-42-41-53-3)44-46(45)56-40-35-33-31-29-27-25-23-21-19-17-15-13-11-9-7-5-2/h45-46H,4-44H2,1-3H3,(H,49,51). The molecule has 1 fully saturated rings. The number of nitrogens with zero attached hydrogens (tertiary/aromatic N) is 1. The van der Waals surface area contributed by atoms with Gasteiger partial charge in [0.05, 0.1) is 26.3 Å². The van der Waals surface area contributed by atoms with Crippen molar-refractivity contribution in [2.45, 2.75) is 238 Å². The molecule has 2 atom stereocenters. The van der Waals surface area contributed by atoms with Crippen molar-refractivity contribution in [1.29, 1.82) is 0 Å². The van der Waals surface area contributed by atoms with Crippen LogP contribution in [0.25, 0.3) is 0 Å². The number of carbonyl (C=O) groups excluding carboxylic acids is 2. The first-order chi connectivity index (χ1) is 28.1. The summed E-state index contributed by atoms with van der Waals surface area (Å²) in [5.41, 5.74) is 0. The number of hydrogen-bond donors (Lipinski definition) is 1. The third kappa shape index (κ3) is 35.1. The van der Waals surface area contributed by atoms with Crippen molar-refractivity contribution in [3.05, 3.63) is 0 Å². The number of hydrogen-bond acceptors (Lipinski definition) is 7. The van der Waals surface area contributed by atoms with E-state index in [1.54, 1.807) is 12.0 Å². The summed E-state index contributed by atoms with van der Waals surface area (Å²) in [5, 5.41) is 2.64. The minimum Gasteiger partial charge on any atom is -0.382 e. The van der Waals surface area contributed by atoms with Crippen LogP contribution in [0, 0.1) is 0 Å². The van der Waals surface area contributed by atoms with E-state index in [0.717, 1.165) is 12.8 Å². The summed E-state index contributed by atoms with van der Waals surface area (Å²) in [6.07, 6.45) is 41.7. The smallest absolute Gasteiger partial charge is 0.382 e. The fourth-order valence-electron chi connectivity index (χ4n) is 7.77. The van der Waals surface area contributed by atoms with Gasteiger partial charge in [0.15, 0.2) is 0 Å². The number of likely N-dealkylation sites (tertiary alicyclic amines) is 1. The number of ether oxygens (including phenoxy) is 5. The molecule has 0 bridgehead atoms. The molecule has 0 aromatic carbocycles. The second-order valence-corrected chi connectivity index (χ2v) is 16.9. The van der Waals surface area contributed by atoms with Crippen LogP contribution in [0.15, 0.2) is 0 Å². The first-order valence-corrected chi connectivity index (χ1v) is 24.7. The van der Waals surface area contributed by atoms with E-state index in [1.165, 1.54) is 193 Å². The summed E-state index contributed by atoms with van der Waals surface area (Å²) >= 11 is 0. The van der Waals surface area contributed by atoms with Crippen molar-refractivity contribution in [2.75, 3.05) is 59.8 Å². The number of methoxy groups -OCH3 is 1. The van der Waals surface area contributed by atoms with Crippen molar-refractivity contribution in [3.63, 3.8) is 0 Å². The minimum absolute atomic E-state index is 0.206. The Morgan fingerprint density at radius 3 is 1.16 bits per heavy atom. The fraction of sp³-hybridized carbons (Fsp3) is 0.958. The first-order valence-electron chi connectivity index (χ1n) is 24.7. The van der Waals surface area contributed by atoms with Gasteiger partial charge >= 0.3 is 12.2 Å². The van der Waals surface area contributed by atoms with Crippen LogP contribution in [0.5, 0.6) is 0 Å². The van der Waals surface area contributed by atoms with Crippen molar-refractivity contribution < 1.29 is 33.3 Å². The van der Waals surface area contributed by atoms with Gasteiger partial charge < -0.3 is 33.9 Å². The molecule has 0 saturated carbocycles. The molecular formula is C48H94N2O7. The Labute approximate surface area is 352 Å². The number of alkyl carbamates (subject to hydrolysis) is 1. The Balaban J connectivity index is 2.25. The van der Waals surface area contributed by atoms with Crippen LogP contribution < -0.4 is 5.32 Å². The van der Waals surface area contributed by atoms with Crippen LogP contribution >= 0.6 is 0 Å². The maximum Gasteiger partial charge on any atom is 0.418 e. The molecule has 0 aliphatic carbocycles. The van der Waals surface area contributed by atoms with Gasteiger partial charge in [-0.2, -0.15) is 0 Å². The number of amides is 2. The fourth-order valence-corrected chi connectivity index (χ4v) is 7.77. The van der Waals surface area contributed by atoms with Crippen molar-refractivity contribution in [3.8, 4) is 0 Å². The third-order valence-electron chi connectivity index (χ3n) is 11.5. The molecule has 338 valence electrons. The second kappa shape index (κ2) is 42.7. The molecular weight excluding hydrogens is 717 g/mol. The van der Waals surface area contributed by atoms with Gasteiger partial charge in [-0.15, -0.1) is 0 Å². The molecule has 0 aromatic rings. The van der Waals surface area contributed by atoms with Gasteiger partial charge in [0, 0.05) is 33.5 Å². The zero-order valence-electron chi connectivity index (χ0n) is 38.0. The SMILES string of the molecule is CCCCCCCCCCCCCCCCCCOC1CN(C(=O)OC(=O)NCCCOCCOC)CC1OCCCCCCCCCCCCCCCCCC. The molecule has 0 spiro atoms. The summed E-state index contributed by atoms with van der Waals surface area (Å²) in [6, 6.07) is 0. The van der Waals surface area contributed by atoms with E-state index in [2.05, 4.69) is 19.2 Å². The quantitative estimate of drug-likeness (QED) is 0.0484. The normalized spacial score (nSPS) is 15.5. The number of rotatable bonds is 43. The van der Waals surface area contributed by atoms with E-state index in [1.807, 2.05) is 0 Å². The van der Waals surface area contributed by atoms with E-state index >= 15 is 0 Å². The Bertz CT molecular complexity index is 817. The lowest BCUT2D eigenvalue weighted by molar-refractivity contribution is -0.0481. The van der Waals surface area contributed by atoms with E-state index in [0.29, 0.717) is 59.1 Å². The number of carbonyl (C=O) groups is 2. The van der Waals surface area contributed by atoms with Gasteiger partial charge in [-0.3, -0.25) is 0 Å². The molecule has 2 unspecified atom stereocenters. The Hall–Kier alpha value is -1.42. The minimum atomic E-state index is -0.736. The summed E-state index contributed by atoms with van der Waals surface area (Å²) in [5.74, 6) is 0. The molecule has 0 radical (unpaired) electrons. The van der Waals surface area contributed by atoms with Crippen LogP contribution in [0.4, 0.5) is 9.59 Å². The Morgan fingerprint density at radius 2 is 0.807 bits per heavy atom. The van der Waals surface area contributed by atoms with Crippen LogP contribution in [0.1, 0.15) is 226 Å². The molecule has 1 saturated heterocycles. The average Bonchev–Trinajstić information content (AvgIpc) is 3.62. The summed E-state index contributed by atoms with van der Waals surface area (Å²) in [7, 11) is 1.63. The summed E-state index contributed by atoms with van der Waals surface area (Å²) in [4.78, 5) is 26.8. The molecule has 1 N–H and O–H groups in total. The molecule has 0 aromatic heterocycles. The molecule has 9 nitrogen and oxygen atoms in total. The topological polar surface area (TPSA) is 95.6 Å². The zero-order chi connectivity index (χ0) is 41.1. The monoisotopic (exact) mass is 811 g/mol. The predicted molar refractivity (Wildman–Crippen MR) is 237 cm³/mol.